The van der Waals surface area contributed by atoms with E-state index in [1.807, 2.05) is 48.5 Å². The summed E-state index contributed by atoms with van der Waals surface area (Å²) in [6.07, 6.45) is 2.69. The second-order valence-electron chi connectivity index (χ2n) is 6.28. The van der Waals surface area contributed by atoms with E-state index in [1.54, 1.807) is 11.1 Å². The predicted molar refractivity (Wildman–Crippen MR) is 97.3 cm³/mol. The number of carbonyl (C=O) groups is 2. The molecule has 2 amide bonds. The average molecular weight is 353 g/mol. The van der Waals surface area contributed by atoms with E-state index >= 15 is 0 Å². The molecule has 3 rings (SSSR count). The highest BCUT2D eigenvalue weighted by molar-refractivity contribution is 5.83. The number of carbonyl (C=O) groups excluding carboxylic acids is 2. The molecule has 26 heavy (non-hydrogen) atoms. The maximum Gasteiger partial charge on any atom is 0.225 e. The van der Waals surface area contributed by atoms with Gasteiger partial charge in [0.1, 0.15) is 12.4 Å². The van der Waals surface area contributed by atoms with E-state index in [2.05, 4.69) is 10.3 Å². The fraction of sp³-hybridized carbons (Fsp3) is 0.350. The molecular weight excluding hydrogens is 330 g/mol. The third kappa shape index (κ3) is 5.05. The molecule has 1 aromatic carbocycles. The number of para-hydroxylation sites is 1. The van der Waals surface area contributed by atoms with Crippen molar-refractivity contribution in [3.63, 3.8) is 0 Å². The number of nitrogens with one attached hydrogen (secondary N) is 1. The van der Waals surface area contributed by atoms with E-state index in [9.17, 15) is 9.59 Å². The Labute approximate surface area is 153 Å². The van der Waals surface area contributed by atoms with E-state index < -0.39 is 0 Å². The number of hydrogen-bond acceptors (Lipinski definition) is 4. The fourth-order valence-electron chi connectivity index (χ4n) is 2.97. The first-order valence-corrected chi connectivity index (χ1v) is 8.85. The summed E-state index contributed by atoms with van der Waals surface area (Å²) in [5.74, 6) is 0.645. The van der Waals surface area contributed by atoms with Crippen LogP contribution < -0.4 is 10.1 Å². The third-order valence-corrected chi connectivity index (χ3v) is 4.36. The molecule has 6 nitrogen and oxygen atoms in total. The number of amides is 2. The highest BCUT2D eigenvalue weighted by Crippen LogP contribution is 2.19. The standard InChI is InChI=1S/C20H23N3O3/c24-19-10-9-16(14-23(19)15-17-6-4-5-11-21-17)20(25)22-12-13-26-18-7-2-1-3-8-18/h1-8,11,16H,9-10,12-15H2,(H,22,25)/t16-/m0/s1. The SMILES string of the molecule is O=C(NCCOc1ccccc1)[C@H]1CCC(=O)N(Cc2ccccn2)C1. The van der Waals surface area contributed by atoms with Crippen LogP contribution in [0.3, 0.4) is 0 Å². The monoisotopic (exact) mass is 353 g/mol. The van der Waals surface area contributed by atoms with E-state index in [-0.39, 0.29) is 17.7 Å². The molecule has 0 saturated carbocycles. The van der Waals surface area contributed by atoms with Gasteiger partial charge in [-0.3, -0.25) is 14.6 Å². The maximum absolute atomic E-state index is 12.4. The largest absolute Gasteiger partial charge is 0.492 e. The summed E-state index contributed by atoms with van der Waals surface area (Å²) in [6.45, 7) is 1.73. The zero-order chi connectivity index (χ0) is 18.2. The van der Waals surface area contributed by atoms with Crippen LogP contribution in [-0.2, 0) is 16.1 Å². The second-order valence-corrected chi connectivity index (χ2v) is 6.28. The molecule has 1 N–H and O–H groups in total. The van der Waals surface area contributed by atoms with Crippen LogP contribution >= 0.6 is 0 Å². The molecule has 0 aliphatic carbocycles. The zero-order valence-electron chi connectivity index (χ0n) is 14.6. The van der Waals surface area contributed by atoms with Crippen LogP contribution in [0.25, 0.3) is 0 Å². The molecule has 1 aliphatic heterocycles. The van der Waals surface area contributed by atoms with Crippen molar-refractivity contribution in [2.75, 3.05) is 19.7 Å². The molecular formula is C20H23N3O3. The molecule has 6 heteroatoms. The van der Waals surface area contributed by atoms with Crippen LogP contribution in [0.15, 0.2) is 54.7 Å². The van der Waals surface area contributed by atoms with Gasteiger partial charge in [-0.25, -0.2) is 0 Å². The minimum atomic E-state index is -0.187. The van der Waals surface area contributed by atoms with Crippen molar-refractivity contribution in [1.29, 1.82) is 0 Å². The third-order valence-electron chi connectivity index (χ3n) is 4.36. The average Bonchev–Trinajstić information content (AvgIpc) is 2.68. The lowest BCUT2D eigenvalue weighted by Crippen LogP contribution is -2.46. The first kappa shape index (κ1) is 17.9. The maximum atomic E-state index is 12.4. The van der Waals surface area contributed by atoms with Crippen molar-refractivity contribution in [3.8, 4) is 5.75 Å². The van der Waals surface area contributed by atoms with Gasteiger partial charge in [0.15, 0.2) is 0 Å². The van der Waals surface area contributed by atoms with Crippen molar-refractivity contribution in [1.82, 2.24) is 15.2 Å². The number of pyridine rings is 1. The highest BCUT2D eigenvalue weighted by Gasteiger charge is 2.30. The smallest absolute Gasteiger partial charge is 0.225 e. The summed E-state index contributed by atoms with van der Waals surface area (Å²) in [5.41, 5.74) is 0.832. The van der Waals surface area contributed by atoms with Gasteiger partial charge >= 0.3 is 0 Å². The molecule has 2 aromatic rings. The first-order chi connectivity index (χ1) is 12.7. The van der Waals surface area contributed by atoms with Gasteiger partial charge in [-0.15, -0.1) is 0 Å². The topological polar surface area (TPSA) is 71.5 Å². The number of piperidine rings is 1. The normalized spacial score (nSPS) is 17.0. The van der Waals surface area contributed by atoms with Gasteiger partial charge in [0.05, 0.1) is 24.7 Å². The predicted octanol–water partition coefficient (Wildman–Crippen LogP) is 2.02. The molecule has 136 valence electrons. The number of ether oxygens (including phenoxy) is 1. The number of rotatable bonds is 7. The van der Waals surface area contributed by atoms with Gasteiger partial charge in [0.25, 0.3) is 0 Å². The number of hydrogen-bond donors (Lipinski definition) is 1. The van der Waals surface area contributed by atoms with Crippen molar-refractivity contribution >= 4 is 11.8 Å². The van der Waals surface area contributed by atoms with Crippen LogP contribution in [-0.4, -0.2) is 41.4 Å². The van der Waals surface area contributed by atoms with Crippen LogP contribution in [0.4, 0.5) is 0 Å². The van der Waals surface area contributed by atoms with Gasteiger partial charge in [0, 0.05) is 19.2 Å². The lowest BCUT2D eigenvalue weighted by molar-refractivity contribution is -0.139. The molecule has 1 aromatic heterocycles. The van der Waals surface area contributed by atoms with Gasteiger partial charge < -0.3 is 15.0 Å². The molecule has 1 saturated heterocycles. The summed E-state index contributed by atoms with van der Waals surface area (Å²) in [5, 5.41) is 2.90. The summed E-state index contributed by atoms with van der Waals surface area (Å²) >= 11 is 0. The van der Waals surface area contributed by atoms with E-state index in [0.717, 1.165) is 11.4 Å². The second kappa shape index (κ2) is 8.99. The summed E-state index contributed by atoms with van der Waals surface area (Å²) in [6, 6.07) is 15.1. The van der Waals surface area contributed by atoms with Crippen molar-refractivity contribution in [3.05, 3.63) is 60.4 Å². The quantitative estimate of drug-likeness (QED) is 0.773. The number of nitrogens with zero attached hydrogens (tertiary/aromatic N) is 2. The number of likely N-dealkylation sites (tertiary alicyclic amines) is 1. The Balaban J connectivity index is 1.44. The molecule has 1 fully saturated rings. The Morgan fingerprint density at radius 2 is 2.00 bits per heavy atom. The van der Waals surface area contributed by atoms with Crippen molar-refractivity contribution < 1.29 is 14.3 Å². The molecule has 1 atom stereocenters. The van der Waals surface area contributed by atoms with Gasteiger partial charge in [-0.1, -0.05) is 24.3 Å². The lowest BCUT2D eigenvalue weighted by atomic mass is 9.96. The van der Waals surface area contributed by atoms with E-state index in [0.29, 0.717) is 39.1 Å². The minimum Gasteiger partial charge on any atom is -0.492 e. The molecule has 0 unspecified atom stereocenters. The van der Waals surface area contributed by atoms with Crippen LogP contribution in [0, 0.1) is 5.92 Å². The lowest BCUT2D eigenvalue weighted by Gasteiger charge is -2.31. The molecule has 0 bridgehead atoms. The Morgan fingerprint density at radius 3 is 2.77 bits per heavy atom. The number of benzene rings is 1. The molecule has 0 radical (unpaired) electrons. The first-order valence-electron chi connectivity index (χ1n) is 8.85. The molecule has 2 heterocycles. The summed E-state index contributed by atoms with van der Waals surface area (Å²) in [4.78, 5) is 30.5. The number of aromatic nitrogens is 1. The summed E-state index contributed by atoms with van der Waals surface area (Å²) in [7, 11) is 0. The van der Waals surface area contributed by atoms with Crippen LogP contribution in [0.1, 0.15) is 18.5 Å². The van der Waals surface area contributed by atoms with Gasteiger partial charge in [0.2, 0.25) is 11.8 Å². The van der Waals surface area contributed by atoms with Gasteiger partial charge in [-0.05, 0) is 30.7 Å². The molecule has 0 spiro atoms. The summed E-state index contributed by atoms with van der Waals surface area (Å²) < 4.78 is 5.57. The Morgan fingerprint density at radius 1 is 1.19 bits per heavy atom. The van der Waals surface area contributed by atoms with Crippen molar-refractivity contribution in [2.24, 2.45) is 5.92 Å². The van der Waals surface area contributed by atoms with Crippen LogP contribution in [0.5, 0.6) is 5.75 Å². The van der Waals surface area contributed by atoms with E-state index in [1.165, 1.54) is 0 Å². The highest BCUT2D eigenvalue weighted by atomic mass is 16.5. The Kier molecular flexibility index (Phi) is 6.19. The Hall–Kier alpha value is -2.89. The Bertz CT molecular complexity index is 722. The van der Waals surface area contributed by atoms with Crippen molar-refractivity contribution in [2.45, 2.75) is 19.4 Å². The molecule has 1 aliphatic rings. The van der Waals surface area contributed by atoms with Crippen LogP contribution in [0.2, 0.25) is 0 Å². The van der Waals surface area contributed by atoms with Gasteiger partial charge in [-0.2, -0.15) is 0 Å². The zero-order valence-corrected chi connectivity index (χ0v) is 14.6. The fourth-order valence-corrected chi connectivity index (χ4v) is 2.97. The minimum absolute atomic E-state index is 0.0276. The van der Waals surface area contributed by atoms with E-state index in [4.69, 9.17) is 4.74 Å².